The lowest BCUT2D eigenvalue weighted by Gasteiger charge is -2.07. The molecule has 124 valence electrons. The molecule has 0 saturated heterocycles. The second-order valence-electron chi connectivity index (χ2n) is 6.06. The SMILES string of the molecule is COc1cc(C)cc2c(=N)c(=O)c3c4c(OC)cccc4c(=O)c=3c12. The van der Waals surface area contributed by atoms with Crippen molar-refractivity contribution in [3.8, 4) is 11.5 Å². The summed E-state index contributed by atoms with van der Waals surface area (Å²) in [6, 6.07) is 8.66. The van der Waals surface area contributed by atoms with Gasteiger partial charge in [0, 0.05) is 32.0 Å². The van der Waals surface area contributed by atoms with E-state index >= 15 is 0 Å². The van der Waals surface area contributed by atoms with Crippen molar-refractivity contribution in [3.05, 3.63) is 72.1 Å². The van der Waals surface area contributed by atoms with E-state index in [1.54, 1.807) is 30.3 Å². The molecule has 2 aromatic carbocycles. The molecule has 0 unspecified atom stereocenters. The Balaban J connectivity index is 2.55. The van der Waals surface area contributed by atoms with Crippen molar-refractivity contribution < 1.29 is 9.47 Å². The van der Waals surface area contributed by atoms with Crippen LogP contribution in [0.5, 0.6) is 11.5 Å². The summed E-state index contributed by atoms with van der Waals surface area (Å²) in [7, 11) is 3.01. The summed E-state index contributed by atoms with van der Waals surface area (Å²) >= 11 is 0. The van der Waals surface area contributed by atoms with E-state index in [-0.39, 0.29) is 16.0 Å². The standard InChI is InChI=1S/C20H15NO4/c1-9-7-11-15(13(8-9)25-3)16-17(20(23)18(11)21)14-10(19(16)22)5-4-6-12(14)24-2/h4-8,21H,1-3H3. The van der Waals surface area contributed by atoms with Gasteiger partial charge in [0.25, 0.3) is 0 Å². The van der Waals surface area contributed by atoms with Crippen molar-refractivity contribution in [1.29, 1.82) is 5.41 Å². The molecule has 4 rings (SSSR count). The third kappa shape index (κ3) is 1.86. The molecule has 5 heteroatoms. The van der Waals surface area contributed by atoms with Gasteiger partial charge in [-0.3, -0.25) is 15.0 Å². The lowest BCUT2D eigenvalue weighted by molar-refractivity contribution is 0.419. The first-order valence-electron chi connectivity index (χ1n) is 7.78. The van der Waals surface area contributed by atoms with Gasteiger partial charge in [-0.15, -0.1) is 0 Å². The average molecular weight is 333 g/mol. The summed E-state index contributed by atoms with van der Waals surface area (Å²) in [6.07, 6.45) is 0. The molecule has 25 heavy (non-hydrogen) atoms. The first-order valence-corrected chi connectivity index (χ1v) is 7.78. The predicted molar refractivity (Wildman–Crippen MR) is 95.4 cm³/mol. The maximum atomic E-state index is 13.1. The van der Waals surface area contributed by atoms with Crippen LogP contribution < -0.4 is 25.7 Å². The van der Waals surface area contributed by atoms with Crippen molar-refractivity contribution in [2.45, 2.75) is 6.92 Å². The number of hydrogen-bond donors (Lipinski definition) is 1. The van der Waals surface area contributed by atoms with E-state index in [1.165, 1.54) is 14.2 Å². The zero-order chi connectivity index (χ0) is 17.9. The minimum atomic E-state index is -0.466. The summed E-state index contributed by atoms with van der Waals surface area (Å²) in [5.41, 5.74) is 0.151. The van der Waals surface area contributed by atoms with Crippen LogP contribution >= 0.6 is 0 Å². The second kappa shape index (κ2) is 5.14. The predicted octanol–water partition coefficient (Wildman–Crippen LogP) is 2.12. The molecule has 1 N–H and O–H groups in total. The monoisotopic (exact) mass is 333 g/mol. The Kier molecular flexibility index (Phi) is 3.15. The Bertz CT molecular complexity index is 1380. The summed E-state index contributed by atoms with van der Waals surface area (Å²) < 4.78 is 10.8. The fourth-order valence-corrected chi connectivity index (χ4v) is 3.60. The maximum absolute atomic E-state index is 13.1. The summed E-state index contributed by atoms with van der Waals surface area (Å²) in [5.74, 6) is 0.936. The fourth-order valence-electron chi connectivity index (χ4n) is 3.60. The molecule has 0 heterocycles. The Morgan fingerprint density at radius 1 is 0.840 bits per heavy atom. The molecule has 0 saturated carbocycles. The Morgan fingerprint density at radius 3 is 2.16 bits per heavy atom. The lowest BCUT2D eigenvalue weighted by Crippen LogP contribution is -2.26. The number of ether oxygens (including phenoxy) is 2. The van der Waals surface area contributed by atoms with E-state index in [0.717, 1.165) is 5.56 Å². The topological polar surface area (TPSA) is 76.4 Å². The van der Waals surface area contributed by atoms with Gasteiger partial charge >= 0.3 is 0 Å². The van der Waals surface area contributed by atoms with Crippen LogP contribution in [0.4, 0.5) is 0 Å². The molecule has 0 aliphatic heterocycles. The van der Waals surface area contributed by atoms with Crippen molar-refractivity contribution in [3.63, 3.8) is 0 Å². The largest absolute Gasteiger partial charge is 0.496 e. The van der Waals surface area contributed by atoms with E-state index < -0.39 is 5.43 Å². The molecule has 0 amide bonds. The number of nitrogens with one attached hydrogen (secondary N) is 1. The third-order valence-corrected chi connectivity index (χ3v) is 4.66. The average Bonchev–Trinajstić information content (AvgIpc) is 2.92. The molecule has 0 atom stereocenters. The molecule has 2 aliphatic rings. The Morgan fingerprint density at radius 2 is 1.48 bits per heavy atom. The molecule has 5 nitrogen and oxygen atoms in total. The molecule has 0 fully saturated rings. The van der Waals surface area contributed by atoms with Crippen molar-refractivity contribution in [1.82, 2.24) is 0 Å². The van der Waals surface area contributed by atoms with Crippen LogP contribution in [0.25, 0.3) is 21.5 Å². The number of fused-ring (bicyclic) bond motifs is 4. The number of rotatable bonds is 2. The van der Waals surface area contributed by atoms with Crippen LogP contribution in [0.15, 0.2) is 39.9 Å². The first-order chi connectivity index (χ1) is 12.0. The molecule has 2 aliphatic carbocycles. The van der Waals surface area contributed by atoms with Gasteiger partial charge in [-0.2, -0.15) is 0 Å². The number of benzene rings is 2. The molecular weight excluding hydrogens is 318 g/mol. The Hall–Kier alpha value is -3.21. The second-order valence-corrected chi connectivity index (χ2v) is 6.06. The maximum Gasteiger partial charge on any atom is 0.212 e. The van der Waals surface area contributed by atoms with Crippen LogP contribution in [0.1, 0.15) is 5.56 Å². The van der Waals surface area contributed by atoms with Gasteiger partial charge in [-0.1, -0.05) is 12.1 Å². The molecular formula is C20H15NO4. The fraction of sp³-hybridized carbons (Fsp3) is 0.150. The number of methoxy groups -OCH3 is 2. The van der Waals surface area contributed by atoms with Gasteiger partial charge in [-0.05, 0) is 30.7 Å². The van der Waals surface area contributed by atoms with Crippen molar-refractivity contribution in [2.75, 3.05) is 14.2 Å². The molecule has 0 spiro atoms. The van der Waals surface area contributed by atoms with E-state index in [2.05, 4.69) is 0 Å². The van der Waals surface area contributed by atoms with Crippen molar-refractivity contribution >= 4 is 21.5 Å². The minimum Gasteiger partial charge on any atom is -0.496 e. The summed E-state index contributed by atoms with van der Waals surface area (Å²) in [5, 5.41) is 10.6. The normalized spacial score (nSPS) is 11.5. The van der Waals surface area contributed by atoms with Crippen LogP contribution in [-0.4, -0.2) is 14.2 Å². The van der Waals surface area contributed by atoms with E-state index in [9.17, 15) is 9.59 Å². The van der Waals surface area contributed by atoms with E-state index in [1.807, 2.05) is 6.92 Å². The van der Waals surface area contributed by atoms with Gasteiger partial charge in [0.2, 0.25) is 5.43 Å². The Labute approximate surface area is 141 Å². The van der Waals surface area contributed by atoms with Crippen LogP contribution in [0.2, 0.25) is 0 Å². The third-order valence-electron chi connectivity index (χ3n) is 4.66. The molecule has 0 aromatic heterocycles. The van der Waals surface area contributed by atoms with E-state index in [4.69, 9.17) is 14.9 Å². The highest BCUT2D eigenvalue weighted by atomic mass is 16.5. The van der Waals surface area contributed by atoms with Crippen LogP contribution in [-0.2, 0) is 0 Å². The highest BCUT2D eigenvalue weighted by Crippen LogP contribution is 2.30. The van der Waals surface area contributed by atoms with Crippen LogP contribution in [0.3, 0.4) is 0 Å². The minimum absolute atomic E-state index is 0.137. The highest BCUT2D eigenvalue weighted by Gasteiger charge is 2.20. The molecule has 0 bridgehead atoms. The number of hydrogen-bond acceptors (Lipinski definition) is 5. The van der Waals surface area contributed by atoms with Gasteiger partial charge in [0.1, 0.15) is 16.9 Å². The smallest absolute Gasteiger partial charge is 0.212 e. The highest BCUT2D eigenvalue weighted by molar-refractivity contribution is 5.97. The van der Waals surface area contributed by atoms with Gasteiger partial charge < -0.3 is 9.47 Å². The molecule has 0 radical (unpaired) electrons. The number of aryl methyl sites for hydroxylation is 1. The summed E-state index contributed by atoms with van der Waals surface area (Å²) in [6.45, 7) is 1.86. The summed E-state index contributed by atoms with van der Waals surface area (Å²) in [4.78, 5) is 26.0. The first kappa shape index (κ1) is 15.3. The van der Waals surface area contributed by atoms with Crippen molar-refractivity contribution in [2.24, 2.45) is 0 Å². The van der Waals surface area contributed by atoms with Gasteiger partial charge in [0.05, 0.1) is 14.2 Å². The quantitative estimate of drug-likeness (QED) is 0.610. The zero-order valence-corrected chi connectivity index (χ0v) is 14.0. The van der Waals surface area contributed by atoms with Crippen LogP contribution in [0, 0.1) is 22.8 Å². The van der Waals surface area contributed by atoms with Gasteiger partial charge in [0.15, 0.2) is 5.43 Å². The zero-order valence-electron chi connectivity index (χ0n) is 14.0. The van der Waals surface area contributed by atoms with Gasteiger partial charge in [-0.25, -0.2) is 0 Å². The lowest BCUT2D eigenvalue weighted by atomic mass is 10.0. The van der Waals surface area contributed by atoms with E-state index in [0.29, 0.717) is 38.3 Å². The molecule has 2 aromatic rings.